The predicted molar refractivity (Wildman–Crippen MR) is 153 cm³/mol. The van der Waals surface area contributed by atoms with Gasteiger partial charge in [-0.1, -0.05) is 6.07 Å². The van der Waals surface area contributed by atoms with Crippen molar-refractivity contribution < 1.29 is 41.7 Å². The lowest BCUT2D eigenvalue weighted by molar-refractivity contribution is -0.137. The molecule has 1 aliphatic rings. The minimum Gasteiger partial charge on any atom is -0.497 e. The Balaban J connectivity index is 1.65. The summed E-state index contributed by atoms with van der Waals surface area (Å²) in [6.07, 6.45) is -4.17. The molecule has 43 heavy (non-hydrogen) atoms. The van der Waals surface area contributed by atoms with Crippen molar-refractivity contribution in [1.82, 2.24) is 9.91 Å². The first-order valence-electron chi connectivity index (χ1n) is 13.3. The highest BCUT2D eigenvalue weighted by atomic mass is 19.4. The molecule has 12 heteroatoms. The minimum atomic E-state index is -4.54. The number of amides is 2. The number of nitrogens with zero attached hydrogens (tertiary/aromatic N) is 3. The number of carbonyl (C=O) groups is 2. The summed E-state index contributed by atoms with van der Waals surface area (Å²) in [6, 6.07) is 15.9. The summed E-state index contributed by atoms with van der Waals surface area (Å²) >= 11 is 0. The monoisotopic (exact) mass is 599 g/mol. The molecule has 1 unspecified atom stereocenters. The van der Waals surface area contributed by atoms with Crippen LogP contribution in [0.3, 0.4) is 0 Å². The summed E-state index contributed by atoms with van der Waals surface area (Å²) in [5.41, 5.74) is 1.30. The van der Waals surface area contributed by atoms with Crippen molar-refractivity contribution in [2.75, 3.05) is 48.1 Å². The molecule has 3 aromatic rings. The first-order valence-corrected chi connectivity index (χ1v) is 13.3. The maximum Gasteiger partial charge on any atom is 0.416 e. The number of alkyl halides is 3. The van der Waals surface area contributed by atoms with Gasteiger partial charge in [-0.2, -0.15) is 18.3 Å². The first-order chi connectivity index (χ1) is 20.6. The van der Waals surface area contributed by atoms with Crippen LogP contribution >= 0.6 is 0 Å². The Kier molecular flexibility index (Phi) is 9.92. The second-order valence-electron chi connectivity index (χ2n) is 9.64. The first kappa shape index (κ1) is 31.4. The molecular formula is C31H32F3N3O6. The van der Waals surface area contributed by atoms with Crippen LogP contribution in [0.5, 0.6) is 17.2 Å². The van der Waals surface area contributed by atoms with Crippen molar-refractivity contribution in [3.63, 3.8) is 0 Å². The Hall–Kier alpha value is -4.58. The summed E-state index contributed by atoms with van der Waals surface area (Å²) < 4.78 is 60.4. The SMILES string of the molecule is COCCN(CC(=O)N1N=C(c2ccc(OC)cc2)CC1c1ccc(OC)c(OC)c1)C(=O)c1ccc(C(F)(F)F)cc1. The zero-order valence-corrected chi connectivity index (χ0v) is 24.2. The molecule has 228 valence electrons. The highest BCUT2D eigenvalue weighted by Gasteiger charge is 2.35. The summed E-state index contributed by atoms with van der Waals surface area (Å²) in [6.45, 7) is -0.239. The molecule has 2 amide bonds. The van der Waals surface area contributed by atoms with Crippen LogP contribution in [-0.4, -0.2) is 75.6 Å². The second-order valence-corrected chi connectivity index (χ2v) is 9.64. The van der Waals surface area contributed by atoms with E-state index in [-0.39, 0.29) is 25.3 Å². The van der Waals surface area contributed by atoms with Gasteiger partial charge >= 0.3 is 6.18 Å². The standard InChI is InChI=1S/C31H32F3N3O6/c1-40-16-15-36(30(39)21-5-10-23(11-6-21)31(32,33)34)19-29(38)37-26(22-9-14-27(42-3)28(17-22)43-4)18-25(35-37)20-7-12-24(41-2)13-8-20/h5-14,17,26H,15-16,18-19H2,1-4H3. The highest BCUT2D eigenvalue weighted by molar-refractivity contribution is 6.04. The van der Waals surface area contributed by atoms with Crippen LogP contribution in [0.15, 0.2) is 71.8 Å². The van der Waals surface area contributed by atoms with Gasteiger partial charge in [0.2, 0.25) is 0 Å². The summed E-state index contributed by atoms with van der Waals surface area (Å²) in [5, 5.41) is 6.00. The van der Waals surface area contributed by atoms with E-state index < -0.39 is 29.6 Å². The van der Waals surface area contributed by atoms with Gasteiger partial charge in [0.15, 0.2) is 11.5 Å². The molecule has 1 aliphatic heterocycles. The molecule has 0 spiro atoms. The van der Waals surface area contributed by atoms with Crippen LogP contribution in [0.25, 0.3) is 0 Å². The Labute approximate surface area is 247 Å². The van der Waals surface area contributed by atoms with Crippen LogP contribution in [0.1, 0.15) is 39.5 Å². The average Bonchev–Trinajstić information content (AvgIpc) is 3.47. The molecule has 0 bridgehead atoms. The maximum absolute atomic E-state index is 13.8. The van der Waals surface area contributed by atoms with Crippen LogP contribution in [0, 0.1) is 0 Å². The van der Waals surface area contributed by atoms with Crippen molar-refractivity contribution in [1.29, 1.82) is 0 Å². The smallest absolute Gasteiger partial charge is 0.416 e. The molecule has 0 radical (unpaired) electrons. The number of ether oxygens (including phenoxy) is 4. The summed E-state index contributed by atoms with van der Waals surface area (Å²) in [7, 11) is 6.05. The van der Waals surface area contributed by atoms with E-state index in [1.165, 1.54) is 31.2 Å². The molecule has 0 saturated carbocycles. The van der Waals surface area contributed by atoms with Crippen molar-refractivity contribution in [3.05, 3.63) is 89.0 Å². The van der Waals surface area contributed by atoms with Crippen LogP contribution in [0.4, 0.5) is 13.2 Å². The van der Waals surface area contributed by atoms with Gasteiger partial charge in [0, 0.05) is 25.6 Å². The molecule has 3 aromatic carbocycles. The lowest BCUT2D eigenvalue weighted by Crippen LogP contribution is -2.42. The van der Waals surface area contributed by atoms with E-state index in [1.807, 2.05) is 18.2 Å². The van der Waals surface area contributed by atoms with Gasteiger partial charge in [0.1, 0.15) is 12.3 Å². The number of halogens is 3. The number of benzene rings is 3. The average molecular weight is 600 g/mol. The van der Waals surface area contributed by atoms with Gasteiger partial charge < -0.3 is 23.8 Å². The van der Waals surface area contributed by atoms with Crippen LogP contribution in [-0.2, 0) is 15.7 Å². The van der Waals surface area contributed by atoms with E-state index >= 15 is 0 Å². The molecule has 0 N–H and O–H groups in total. The number of carbonyl (C=O) groups excluding carboxylic acids is 2. The summed E-state index contributed by atoms with van der Waals surface area (Å²) in [5.74, 6) is 0.568. The molecular weight excluding hydrogens is 567 g/mol. The van der Waals surface area contributed by atoms with E-state index in [9.17, 15) is 22.8 Å². The Morgan fingerprint density at radius 2 is 1.58 bits per heavy atom. The van der Waals surface area contributed by atoms with E-state index in [2.05, 4.69) is 5.10 Å². The van der Waals surface area contributed by atoms with Crippen molar-refractivity contribution >= 4 is 17.5 Å². The van der Waals surface area contributed by atoms with Gasteiger partial charge in [-0.05, 0) is 71.8 Å². The van der Waals surface area contributed by atoms with E-state index in [0.717, 1.165) is 35.4 Å². The van der Waals surface area contributed by atoms with Crippen molar-refractivity contribution in [2.45, 2.75) is 18.6 Å². The molecule has 0 fully saturated rings. The molecule has 1 heterocycles. The quantitative estimate of drug-likeness (QED) is 0.301. The molecule has 9 nitrogen and oxygen atoms in total. The lowest BCUT2D eigenvalue weighted by atomic mass is 9.98. The third-order valence-corrected chi connectivity index (χ3v) is 7.02. The number of methoxy groups -OCH3 is 4. The zero-order valence-electron chi connectivity index (χ0n) is 24.2. The zero-order chi connectivity index (χ0) is 31.1. The van der Waals surface area contributed by atoms with Crippen LogP contribution < -0.4 is 14.2 Å². The summed E-state index contributed by atoms with van der Waals surface area (Å²) in [4.78, 5) is 28.4. The van der Waals surface area contributed by atoms with Crippen molar-refractivity contribution in [3.8, 4) is 17.2 Å². The Bertz CT molecular complexity index is 1460. The van der Waals surface area contributed by atoms with Gasteiger partial charge in [-0.25, -0.2) is 5.01 Å². The maximum atomic E-state index is 13.8. The molecule has 0 aromatic heterocycles. The fraction of sp³-hybridized carbons (Fsp3) is 0.323. The fourth-order valence-electron chi connectivity index (χ4n) is 4.69. The Morgan fingerprint density at radius 1 is 0.907 bits per heavy atom. The van der Waals surface area contributed by atoms with Gasteiger partial charge in [-0.3, -0.25) is 9.59 Å². The number of rotatable bonds is 11. The largest absolute Gasteiger partial charge is 0.497 e. The van der Waals surface area contributed by atoms with Gasteiger partial charge in [0.05, 0.1) is 45.3 Å². The molecule has 1 atom stereocenters. The number of hydrazone groups is 1. The fourth-order valence-corrected chi connectivity index (χ4v) is 4.69. The third-order valence-electron chi connectivity index (χ3n) is 7.02. The number of hydrogen-bond acceptors (Lipinski definition) is 7. The Morgan fingerprint density at radius 3 is 2.16 bits per heavy atom. The van der Waals surface area contributed by atoms with Gasteiger partial charge in [-0.15, -0.1) is 0 Å². The predicted octanol–water partition coefficient (Wildman–Crippen LogP) is 5.20. The lowest BCUT2D eigenvalue weighted by Gasteiger charge is -2.27. The number of hydrogen-bond donors (Lipinski definition) is 0. The third kappa shape index (κ3) is 7.26. The van der Waals surface area contributed by atoms with E-state index in [0.29, 0.717) is 29.4 Å². The molecule has 0 saturated heterocycles. The minimum absolute atomic E-state index is 0.0113. The second kappa shape index (κ2) is 13.6. The molecule has 4 rings (SSSR count). The van der Waals surface area contributed by atoms with E-state index in [4.69, 9.17) is 18.9 Å². The van der Waals surface area contributed by atoms with Gasteiger partial charge in [0.25, 0.3) is 11.8 Å². The van der Waals surface area contributed by atoms with Crippen LogP contribution in [0.2, 0.25) is 0 Å². The topological polar surface area (TPSA) is 89.9 Å². The normalized spacial score (nSPS) is 14.7. The van der Waals surface area contributed by atoms with E-state index in [1.54, 1.807) is 31.4 Å². The van der Waals surface area contributed by atoms with Crippen molar-refractivity contribution in [2.24, 2.45) is 5.10 Å². The highest BCUT2D eigenvalue weighted by Crippen LogP contribution is 2.38. The molecule has 0 aliphatic carbocycles.